The van der Waals surface area contributed by atoms with Gasteiger partial charge in [0.25, 0.3) is 5.56 Å². The second-order valence-corrected chi connectivity index (χ2v) is 11.3. The summed E-state index contributed by atoms with van der Waals surface area (Å²) in [6.07, 6.45) is 7.55. The third-order valence-electron chi connectivity index (χ3n) is 9.21. The molecule has 1 aromatic rings. The predicted octanol–water partition coefficient (Wildman–Crippen LogP) is 1.35. The zero-order valence-corrected chi connectivity index (χ0v) is 20.4. The Bertz CT molecular complexity index is 1210. The second kappa shape index (κ2) is 7.96. The number of imide groups is 1. The Morgan fingerprint density at radius 1 is 1.09 bits per heavy atom. The van der Waals surface area contributed by atoms with E-state index in [1.165, 1.54) is 21.1 Å². The minimum absolute atomic E-state index is 0.0177. The topological polar surface area (TPSA) is 155 Å². The molecular formula is C24H34N6O5. The van der Waals surface area contributed by atoms with E-state index in [-0.39, 0.29) is 34.9 Å². The van der Waals surface area contributed by atoms with E-state index in [9.17, 15) is 24.3 Å². The summed E-state index contributed by atoms with van der Waals surface area (Å²) in [6.45, 7) is 0.313. The van der Waals surface area contributed by atoms with Crippen LogP contribution < -0.4 is 17.0 Å². The normalized spacial score (nSPS) is 31.1. The van der Waals surface area contributed by atoms with Crippen molar-refractivity contribution in [2.24, 2.45) is 17.1 Å². The number of nitrogens with two attached hydrogens (primary N) is 1. The van der Waals surface area contributed by atoms with Gasteiger partial charge in [0.1, 0.15) is 11.4 Å². The number of nitrogens with one attached hydrogen (secondary N) is 1. The fraction of sp³-hybridized carbons (Fsp3) is 0.708. The van der Waals surface area contributed by atoms with Crippen molar-refractivity contribution in [3.8, 4) is 5.88 Å². The Kier molecular flexibility index (Phi) is 5.37. The molecule has 0 unspecified atom stereocenters. The molecule has 1 aliphatic heterocycles. The summed E-state index contributed by atoms with van der Waals surface area (Å²) in [4.78, 5) is 54.3. The van der Waals surface area contributed by atoms with Gasteiger partial charge < -0.3 is 15.7 Å². The summed E-state index contributed by atoms with van der Waals surface area (Å²) in [5, 5.41) is 18.5. The number of amides is 3. The van der Waals surface area contributed by atoms with Crippen LogP contribution in [0.25, 0.3) is 0 Å². The van der Waals surface area contributed by atoms with E-state index in [2.05, 4.69) is 0 Å². The summed E-state index contributed by atoms with van der Waals surface area (Å²) < 4.78 is 2.42. The number of carbonyl (C=O) groups is 2. The highest BCUT2D eigenvalue weighted by atomic mass is 16.3. The number of aromatic hydroxyl groups is 1. The minimum atomic E-state index is -0.706. The molecule has 1 aromatic heterocycles. The Morgan fingerprint density at radius 2 is 1.71 bits per heavy atom. The van der Waals surface area contributed by atoms with Crippen LogP contribution in [0.15, 0.2) is 9.59 Å². The standard InChI is InChI=1S/C24H34N6O5/c1-27-16(31)10-24(28(2)21(27)34)12-23(13-24)8-6-15(7-9-23)30-20(33)17(18(25)26)19(32)29(22(30)35)11-14-4-3-5-14/h14-15,32H,3-13H2,1-2H3,(H3,25,26). The van der Waals surface area contributed by atoms with Gasteiger partial charge in [0.15, 0.2) is 0 Å². The Labute approximate surface area is 203 Å². The third-order valence-corrected chi connectivity index (χ3v) is 9.21. The molecular weight excluding hydrogens is 452 g/mol. The van der Waals surface area contributed by atoms with Crippen LogP contribution in [0.5, 0.6) is 5.88 Å². The number of amidine groups is 1. The van der Waals surface area contributed by atoms with Gasteiger partial charge in [0.2, 0.25) is 11.8 Å². The van der Waals surface area contributed by atoms with Crippen LogP contribution in [0.3, 0.4) is 0 Å². The van der Waals surface area contributed by atoms with E-state index < -0.39 is 28.5 Å². The minimum Gasteiger partial charge on any atom is -0.494 e. The lowest BCUT2D eigenvalue weighted by atomic mass is 9.50. The number of nitrogen functional groups attached to an aromatic ring is 1. The highest BCUT2D eigenvalue weighted by Gasteiger charge is 2.61. The molecule has 4 N–H and O–H groups in total. The highest BCUT2D eigenvalue weighted by Crippen LogP contribution is 2.61. The van der Waals surface area contributed by atoms with Crippen LogP contribution in [-0.2, 0) is 11.3 Å². The second-order valence-electron chi connectivity index (χ2n) is 11.3. The average molecular weight is 487 g/mol. The molecule has 1 saturated heterocycles. The molecule has 0 aromatic carbocycles. The smallest absolute Gasteiger partial charge is 0.334 e. The first-order valence-electron chi connectivity index (χ1n) is 12.5. The zero-order valence-electron chi connectivity index (χ0n) is 20.4. The molecule has 3 saturated carbocycles. The molecule has 2 heterocycles. The summed E-state index contributed by atoms with van der Waals surface area (Å²) in [5.41, 5.74) is 3.62. The average Bonchev–Trinajstić information content (AvgIpc) is 2.75. The molecule has 5 rings (SSSR count). The van der Waals surface area contributed by atoms with Crippen molar-refractivity contribution in [2.45, 2.75) is 82.3 Å². The first kappa shape index (κ1) is 23.6. The number of hydrogen-bond donors (Lipinski definition) is 3. The lowest BCUT2D eigenvalue weighted by molar-refractivity contribution is -0.148. The van der Waals surface area contributed by atoms with Crippen LogP contribution >= 0.6 is 0 Å². The zero-order chi connectivity index (χ0) is 25.3. The Hall–Kier alpha value is -3.11. The monoisotopic (exact) mass is 486 g/mol. The number of hydrogen-bond acceptors (Lipinski definition) is 6. The summed E-state index contributed by atoms with van der Waals surface area (Å²) in [7, 11) is 3.27. The third kappa shape index (κ3) is 3.49. The van der Waals surface area contributed by atoms with Crippen molar-refractivity contribution in [1.82, 2.24) is 18.9 Å². The Morgan fingerprint density at radius 3 is 2.26 bits per heavy atom. The van der Waals surface area contributed by atoms with Gasteiger partial charge in [-0.1, -0.05) is 6.42 Å². The van der Waals surface area contributed by atoms with Crippen LogP contribution in [0, 0.1) is 16.7 Å². The maximum atomic E-state index is 13.4. The molecule has 3 amide bonds. The van der Waals surface area contributed by atoms with E-state index in [4.69, 9.17) is 11.1 Å². The molecule has 11 heteroatoms. The number of urea groups is 1. The van der Waals surface area contributed by atoms with Gasteiger partial charge in [-0.25, -0.2) is 9.59 Å². The lowest BCUT2D eigenvalue weighted by Crippen LogP contribution is -2.69. The largest absolute Gasteiger partial charge is 0.494 e. The van der Waals surface area contributed by atoms with Gasteiger partial charge in [0.05, 0.1) is 12.0 Å². The SMILES string of the molecule is CN1C(=O)CC2(CC3(CCC(n4c(=O)c(C(=N)N)c(O)n(CC5CCC5)c4=O)CC3)C2)N(C)C1=O. The van der Waals surface area contributed by atoms with E-state index in [1.807, 2.05) is 0 Å². The molecule has 4 aliphatic rings. The highest BCUT2D eigenvalue weighted by molar-refractivity contribution is 5.98. The molecule has 0 bridgehead atoms. The van der Waals surface area contributed by atoms with E-state index in [1.54, 1.807) is 11.9 Å². The van der Waals surface area contributed by atoms with E-state index >= 15 is 0 Å². The van der Waals surface area contributed by atoms with Crippen molar-refractivity contribution >= 4 is 17.8 Å². The molecule has 2 spiro atoms. The number of nitrogens with zero attached hydrogens (tertiary/aromatic N) is 4. The summed E-state index contributed by atoms with van der Waals surface area (Å²) >= 11 is 0. The van der Waals surface area contributed by atoms with Crippen molar-refractivity contribution < 1.29 is 14.7 Å². The lowest BCUT2D eigenvalue weighted by Gasteiger charge is -2.63. The molecule has 0 radical (unpaired) electrons. The number of rotatable bonds is 4. The van der Waals surface area contributed by atoms with Gasteiger partial charge in [-0.2, -0.15) is 0 Å². The Balaban J connectivity index is 1.38. The number of aromatic nitrogens is 2. The van der Waals surface area contributed by atoms with E-state index in [0.29, 0.717) is 25.8 Å². The fourth-order valence-electron chi connectivity index (χ4n) is 6.90. The quantitative estimate of drug-likeness (QED) is 0.431. The molecule has 11 nitrogen and oxygen atoms in total. The first-order valence-corrected chi connectivity index (χ1v) is 12.5. The van der Waals surface area contributed by atoms with Crippen molar-refractivity contribution in [1.29, 1.82) is 5.41 Å². The van der Waals surface area contributed by atoms with Gasteiger partial charge >= 0.3 is 11.7 Å². The van der Waals surface area contributed by atoms with Gasteiger partial charge in [-0.15, -0.1) is 0 Å². The van der Waals surface area contributed by atoms with E-state index in [0.717, 1.165) is 44.9 Å². The first-order chi connectivity index (χ1) is 16.5. The number of carbonyl (C=O) groups excluding carboxylic acids is 2. The summed E-state index contributed by atoms with van der Waals surface area (Å²) in [5.74, 6) is -0.946. The van der Waals surface area contributed by atoms with Crippen molar-refractivity contribution in [3.63, 3.8) is 0 Å². The maximum Gasteiger partial charge on any atom is 0.334 e. The van der Waals surface area contributed by atoms with Crippen molar-refractivity contribution in [2.75, 3.05) is 14.1 Å². The summed E-state index contributed by atoms with van der Waals surface area (Å²) in [6, 6.07) is -0.619. The molecule has 4 fully saturated rings. The molecule has 3 aliphatic carbocycles. The van der Waals surface area contributed by atoms with Crippen LogP contribution in [-0.4, -0.2) is 61.4 Å². The van der Waals surface area contributed by atoms with Gasteiger partial charge in [-0.05, 0) is 62.7 Å². The van der Waals surface area contributed by atoms with Crippen LogP contribution in [0.4, 0.5) is 4.79 Å². The van der Waals surface area contributed by atoms with Gasteiger partial charge in [-0.3, -0.25) is 29.0 Å². The van der Waals surface area contributed by atoms with Crippen LogP contribution in [0.2, 0.25) is 0 Å². The maximum absolute atomic E-state index is 13.4. The van der Waals surface area contributed by atoms with Gasteiger partial charge in [0, 0.05) is 26.7 Å². The molecule has 0 atom stereocenters. The van der Waals surface area contributed by atoms with Crippen LogP contribution in [0.1, 0.15) is 75.8 Å². The van der Waals surface area contributed by atoms with Crippen molar-refractivity contribution in [3.05, 3.63) is 26.4 Å². The fourth-order valence-corrected chi connectivity index (χ4v) is 6.90. The molecule has 190 valence electrons. The predicted molar refractivity (Wildman–Crippen MR) is 127 cm³/mol. The molecule has 35 heavy (non-hydrogen) atoms.